The summed E-state index contributed by atoms with van der Waals surface area (Å²) in [5, 5.41) is 13.7. The summed E-state index contributed by atoms with van der Waals surface area (Å²) in [6.45, 7) is 9.42. The van der Waals surface area contributed by atoms with Gasteiger partial charge in [-0.05, 0) is 24.6 Å². The number of nitrogens with one attached hydrogen (secondary N) is 1. The zero-order valence-corrected chi connectivity index (χ0v) is 19.9. The van der Waals surface area contributed by atoms with Crippen molar-refractivity contribution in [2.75, 3.05) is 72.1 Å². The lowest BCUT2D eigenvalue weighted by atomic mass is 10.1. The van der Waals surface area contributed by atoms with Crippen LogP contribution in [0.5, 0.6) is 0 Å². The zero-order valence-electron chi connectivity index (χ0n) is 17.6. The Hall–Kier alpha value is -1.50. The first kappa shape index (κ1) is 24.8. The Morgan fingerprint density at radius 2 is 1.83 bits per heavy atom. The number of rotatable bonds is 6. The second-order valence-electron chi connectivity index (χ2n) is 7.25. The molecule has 1 aromatic heterocycles. The molecule has 0 aromatic carbocycles. The molecule has 1 amide bonds. The molecule has 2 fully saturated rings. The zero-order chi connectivity index (χ0) is 20.5. The number of morpholine rings is 1. The van der Waals surface area contributed by atoms with Crippen molar-refractivity contribution in [2.45, 2.75) is 13.0 Å². The maximum absolute atomic E-state index is 12.4. The molecule has 168 valence electrons. The minimum Gasteiger partial charge on any atom is -0.386 e. The Bertz CT molecular complexity index is 664. The lowest BCUT2D eigenvalue weighted by Crippen LogP contribution is -2.55. The van der Waals surface area contributed by atoms with Crippen LogP contribution in [0.15, 0.2) is 29.5 Å². The summed E-state index contributed by atoms with van der Waals surface area (Å²) in [5.74, 6) is 0.988. The third-order valence-corrected chi connectivity index (χ3v) is 5.23. The van der Waals surface area contributed by atoms with Crippen molar-refractivity contribution in [3.05, 3.63) is 30.1 Å². The summed E-state index contributed by atoms with van der Waals surface area (Å²) in [7, 11) is 0. The predicted molar refractivity (Wildman–Crippen MR) is 126 cm³/mol. The smallest absolute Gasteiger partial charge is 0.236 e. The Morgan fingerprint density at radius 3 is 2.47 bits per heavy atom. The first-order chi connectivity index (χ1) is 14.2. The van der Waals surface area contributed by atoms with Crippen LogP contribution in [0.1, 0.15) is 18.6 Å². The van der Waals surface area contributed by atoms with E-state index in [1.807, 2.05) is 11.8 Å². The molecule has 0 aliphatic carbocycles. The first-order valence-corrected chi connectivity index (χ1v) is 10.4. The van der Waals surface area contributed by atoms with E-state index >= 15 is 0 Å². The number of halogens is 1. The summed E-state index contributed by atoms with van der Waals surface area (Å²) in [4.78, 5) is 27.3. The van der Waals surface area contributed by atoms with E-state index in [9.17, 15) is 9.90 Å². The number of hydrogen-bond acceptors (Lipinski definition) is 6. The number of aliphatic imine (C=N–C) groups is 1. The van der Waals surface area contributed by atoms with Gasteiger partial charge in [-0.25, -0.2) is 0 Å². The normalized spacial score (nSPS) is 19.2. The van der Waals surface area contributed by atoms with Gasteiger partial charge in [-0.3, -0.25) is 19.7 Å². The molecule has 0 spiro atoms. The molecule has 1 aromatic rings. The van der Waals surface area contributed by atoms with E-state index < -0.39 is 6.10 Å². The van der Waals surface area contributed by atoms with Crippen molar-refractivity contribution in [3.8, 4) is 0 Å². The Labute approximate surface area is 195 Å². The van der Waals surface area contributed by atoms with Gasteiger partial charge >= 0.3 is 0 Å². The minimum absolute atomic E-state index is 0. The number of aromatic nitrogens is 1. The number of aliphatic hydroxyl groups excluding tert-OH is 1. The van der Waals surface area contributed by atoms with Crippen LogP contribution in [0.4, 0.5) is 0 Å². The van der Waals surface area contributed by atoms with Gasteiger partial charge in [0, 0.05) is 58.2 Å². The molecule has 2 saturated heterocycles. The third kappa shape index (κ3) is 7.33. The van der Waals surface area contributed by atoms with E-state index in [-0.39, 0.29) is 29.9 Å². The van der Waals surface area contributed by atoms with Gasteiger partial charge in [0.05, 0.1) is 32.4 Å². The fourth-order valence-electron chi connectivity index (χ4n) is 3.51. The summed E-state index contributed by atoms with van der Waals surface area (Å²) in [6, 6.07) is 3.61. The van der Waals surface area contributed by atoms with Crippen molar-refractivity contribution < 1.29 is 14.6 Å². The number of ether oxygens (including phenoxy) is 1. The molecule has 0 saturated carbocycles. The molecule has 2 aliphatic rings. The highest BCUT2D eigenvalue weighted by molar-refractivity contribution is 14.0. The topological polar surface area (TPSA) is 93.5 Å². The number of guanidine groups is 1. The molecule has 3 rings (SSSR count). The third-order valence-electron chi connectivity index (χ3n) is 5.23. The quantitative estimate of drug-likeness (QED) is 0.307. The minimum atomic E-state index is -0.654. The number of piperazine rings is 1. The molecule has 1 unspecified atom stereocenters. The van der Waals surface area contributed by atoms with Crippen LogP contribution in [0.3, 0.4) is 0 Å². The van der Waals surface area contributed by atoms with Crippen LogP contribution in [0, 0.1) is 0 Å². The van der Waals surface area contributed by atoms with E-state index in [1.165, 1.54) is 0 Å². The standard InChI is InChI=1S/C20H32N6O3.HI/c1-2-22-20(23-15-18(27)17-3-5-21-6-4-17)26-9-7-24(8-10-26)16-19(28)25-11-13-29-14-12-25;/h3-6,18,27H,2,7-16H2,1H3,(H,22,23);1H. The number of carbonyl (C=O) groups excluding carboxylic acids is 1. The van der Waals surface area contributed by atoms with E-state index in [2.05, 4.69) is 25.1 Å². The number of pyridine rings is 1. The Kier molecular flexibility index (Phi) is 10.8. The molecule has 3 heterocycles. The van der Waals surface area contributed by atoms with Gasteiger partial charge < -0.3 is 25.0 Å². The van der Waals surface area contributed by atoms with Gasteiger partial charge in [0.2, 0.25) is 5.91 Å². The Balaban J connectivity index is 0.00000320. The monoisotopic (exact) mass is 532 g/mol. The van der Waals surface area contributed by atoms with E-state index in [0.29, 0.717) is 39.4 Å². The van der Waals surface area contributed by atoms with Crippen molar-refractivity contribution in [1.82, 2.24) is 25.0 Å². The molecule has 10 heteroatoms. The summed E-state index contributed by atoms with van der Waals surface area (Å²) < 4.78 is 5.32. The largest absolute Gasteiger partial charge is 0.386 e. The van der Waals surface area contributed by atoms with Gasteiger partial charge in [-0.15, -0.1) is 24.0 Å². The second-order valence-corrected chi connectivity index (χ2v) is 7.25. The lowest BCUT2D eigenvalue weighted by molar-refractivity contribution is -0.136. The summed E-state index contributed by atoms with van der Waals surface area (Å²) in [5.41, 5.74) is 0.811. The van der Waals surface area contributed by atoms with E-state index in [1.54, 1.807) is 24.5 Å². The SMILES string of the molecule is CCNC(=NCC(O)c1ccncc1)N1CCN(CC(=O)N2CCOCC2)CC1.I. The molecule has 30 heavy (non-hydrogen) atoms. The molecule has 2 aliphatic heterocycles. The maximum Gasteiger partial charge on any atom is 0.236 e. The van der Waals surface area contributed by atoms with Gasteiger partial charge in [0.1, 0.15) is 0 Å². The number of aliphatic hydroxyl groups is 1. The van der Waals surface area contributed by atoms with Gasteiger partial charge in [-0.2, -0.15) is 0 Å². The van der Waals surface area contributed by atoms with Crippen LogP contribution >= 0.6 is 24.0 Å². The van der Waals surface area contributed by atoms with Crippen LogP contribution < -0.4 is 5.32 Å². The molecule has 1 atom stereocenters. The average Bonchev–Trinajstić information content (AvgIpc) is 2.78. The maximum atomic E-state index is 12.4. The number of amides is 1. The second kappa shape index (κ2) is 13.0. The number of carbonyl (C=O) groups is 1. The lowest BCUT2D eigenvalue weighted by Gasteiger charge is -2.37. The Morgan fingerprint density at radius 1 is 1.17 bits per heavy atom. The van der Waals surface area contributed by atoms with Crippen LogP contribution in [0.25, 0.3) is 0 Å². The van der Waals surface area contributed by atoms with Gasteiger partial charge in [0.15, 0.2) is 5.96 Å². The highest BCUT2D eigenvalue weighted by Gasteiger charge is 2.24. The fourth-order valence-corrected chi connectivity index (χ4v) is 3.51. The molecule has 9 nitrogen and oxygen atoms in total. The van der Waals surface area contributed by atoms with Gasteiger partial charge in [-0.1, -0.05) is 0 Å². The molecular weight excluding hydrogens is 499 g/mol. The summed E-state index contributed by atoms with van der Waals surface area (Å²) in [6.07, 6.45) is 2.69. The highest BCUT2D eigenvalue weighted by atomic mass is 127. The molecular formula is C20H33IN6O3. The van der Waals surface area contributed by atoms with Crippen molar-refractivity contribution in [2.24, 2.45) is 4.99 Å². The highest BCUT2D eigenvalue weighted by Crippen LogP contribution is 2.12. The summed E-state index contributed by atoms with van der Waals surface area (Å²) >= 11 is 0. The van der Waals surface area contributed by atoms with Crippen molar-refractivity contribution >= 4 is 35.8 Å². The molecule has 2 N–H and O–H groups in total. The van der Waals surface area contributed by atoms with E-state index in [0.717, 1.165) is 44.2 Å². The van der Waals surface area contributed by atoms with Crippen LogP contribution in [-0.2, 0) is 9.53 Å². The van der Waals surface area contributed by atoms with Crippen LogP contribution in [0.2, 0.25) is 0 Å². The number of hydrogen-bond donors (Lipinski definition) is 2. The van der Waals surface area contributed by atoms with Crippen molar-refractivity contribution in [1.29, 1.82) is 0 Å². The van der Waals surface area contributed by atoms with Crippen molar-refractivity contribution in [3.63, 3.8) is 0 Å². The van der Waals surface area contributed by atoms with Crippen LogP contribution in [-0.4, -0.2) is 109 Å². The average molecular weight is 532 g/mol. The van der Waals surface area contributed by atoms with E-state index in [4.69, 9.17) is 4.74 Å². The predicted octanol–water partition coefficient (Wildman–Crippen LogP) is 0.175. The number of nitrogens with zero attached hydrogens (tertiary/aromatic N) is 5. The first-order valence-electron chi connectivity index (χ1n) is 10.4. The molecule has 0 radical (unpaired) electrons. The van der Waals surface area contributed by atoms with Gasteiger partial charge in [0.25, 0.3) is 0 Å². The fraction of sp³-hybridized carbons (Fsp3) is 0.650. The molecule has 0 bridgehead atoms.